The summed E-state index contributed by atoms with van der Waals surface area (Å²) in [6.45, 7) is 2.14. The van der Waals surface area contributed by atoms with E-state index in [1.165, 1.54) is 16.7 Å². The Morgan fingerprint density at radius 1 is 1.50 bits per heavy atom. The highest BCUT2D eigenvalue weighted by atomic mass is 16.4. The SMILES string of the molecule is CCc1ccc2c(c1)C(CC(=O)O)CCC2. The van der Waals surface area contributed by atoms with Crippen LogP contribution in [0, 0.1) is 0 Å². The van der Waals surface area contributed by atoms with Crippen LogP contribution in [0.1, 0.15) is 48.8 Å². The van der Waals surface area contributed by atoms with Crippen molar-refractivity contribution in [2.45, 2.75) is 44.9 Å². The molecule has 0 saturated heterocycles. The predicted octanol–water partition coefficient (Wildman–Crippen LogP) is 3.14. The van der Waals surface area contributed by atoms with E-state index in [9.17, 15) is 4.79 Å². The lowest BCUT2D eigenvalue weighted by Crippen LogP contribution is -2.13. The molecule has 0 aliphatic heterocycles. The number of carboxylic acids is 1. The number of aliphatic carboxylic acids is 1. The van der Waals surface area contributed by atoms with Crippen molar-refractivity contribution in [1.29, 1.82) is 0 Å². The minimum Gasteiger partial charge on any atom is -0.481 e. The highest BCUT2D eigenvalue weighted by molar-refractivity contribution is 5.68. The minimum atomic E-state index is -0.681. The summed E-state index contributed by atoms with van der Waals surface area (Å²) in [5.41, 5.74) is 3.96. The monoisotopic (exact) mass is 218 g/mol. The summed E-state index contributed by atoms with van der Waals surface area (Å²) in [6, 6.07) is 6.56. The third kappa shape index (κ3) is 2.26. The summed E-state index contributed by atoms with van der Waals surface area (Å²) in [7, 11) is 0. The van der Waals surface area contributed by atoms with Crippen molar-refractivity contribution < 1.29 is 9.90 Å². The predicted molar refractivity (Wildman–Crippen MR) is 63.8 cm³/mol. The van der Waals surface area contributed by atoms with Crippen LogP contribution in [-0.2, 0) is 17.6 Å². The maximum absolute atomic E-state index is 10.8. The molecule has 1 N–H and O–H groups in total. The molecule has 1 aliphatic rings. The Hall–Kier alpha value is -1.31. The largest absolute Gasteiger partial charge is 0.481 e. The smallest absolute Gasteiger partial charge is 0.303 e. The Balaban J connectivity index is 2.31. The van der Waals surface area contributed by atoms with Gasteiger partial charge in [0.05, 0.1) is 6.42 Å². The van der Waals surface area contributed by atoms with Gasteiger partial charge in [0.2, 0.25) is 0 Å². The van der Waals surface area contributed by atoms with Gasteiger partial charge in [0, 0.05) is 0 Å². The second kappa shape index (κ2) is 4.69. The van der Waals surface area contributed by atoms with Gasteiger partial charge in [-0.3, -0.25) is 4.79 Å². The molecule has 0 heterocycles. The summed E-state index contributed by atoms with van der Waals surface area (Å²) in [5, 5.41) is 8.92. The van der Waals surface area contributed by atoms with Crippen LogP contribution in [0.2, 0.25) is 0 Å². The van der Waals surface area contributed by atoms with Crippen molar-refractivity contribution in [2.75, 3.05) is 0 Å². The Bertz CT molecular complexity index is 396. The fraction of sp³-hybridized carbons (Fsp3) is 0.500. The van der Waals surface area contributed by atoms with Crippen molar-refractivity contribution in [3.05, 3.63) is 34.9 Å². The molecule has 0 spiro atoms. The molecule has 1 aromatic rings. The molecule has 0 fully saturated rings. The number of benzene rings is 1. The van der Waals surface area contributed by atoms with Crippen molar-refractivity contribution in [3.8, 4) is 0 Å². The summed E-state index contributed by atoms with van der Waals surface area (Å²) >= 11 is 0. The van der Waals surface area contributed by atoms with E-state index >= 15 is 0 Å². The van der Waals surface area contributed by atoms with E-state index in [0.717, 1.165) is 25.7 Å². The van der Waals surface area contributed by atoms with Crippen molar-refractivity contribution in [2.24, 2.45) is 0 Å². The fourth-order valence-electron chi connectivity index (χ4n) is 2.59. The molecule has 1 unspecified atom stereocenters. The second-order valence-electron chi connectivity index (χ2n) is 4.57. The Kier molecular flexibility index (Phi) is 3.28. The summed E-state index contributed by atoms with van der Waals surface area (Å²) in [5.74, 6) is -0.451. The zero-order valence-corrected chi connectivity index (χ0v) is 9.70. The molecular formula is C14H18O2. The van der Waals surface area contributed by atoms with Crippen molar-refractivity contribution in [3.63, 3.8) is 0 Å². The van der Waals surface area contributed by atoms with Crippen LogP contribution in [0.25, 0.3) is 0 Å². The zero-order valence-electron chi connectivity index (χ0n) is 9.70. The molecule has 2 heteroatoms. The molecular weight excluding hydrogens is 200 g/mol. The Morgan fingerprint density at radius 2 is 2.31 bits per heavy atom. The molecule has 86 valence electrons. The molecule has 2 nitrogen and oxygen atoms in total. The molecule has 0 amide bonds. The first-order valence-corrected chi connectivity index (χ1v) is 6.04. The van der Waals surface area contributed by atoms with Crippen LogP contribution in [0.15, 0.2) is 18.2 Å². The first kappa shape index (κ1) is 11.2. The first-order chi connectivity index (χ1) is 7.70. The van der Waals surface area contributed by atoms with Crippen LogP contribution in [-0.4, -0.2) is 11.1 Å². The van der Waals surface area contributed by atoms with Gasteiger partial charge in [0.1, 0.15) is 0 Å². The average Bonchev–Trinajstić information content (AvgIpc) is 2.28. The van der Waals surface area contributed by atoms with E-state index in [0.29, 0.717) is 0 Å². The van der Waals surface area contributed by atoms with Gasteiger partial charge in [0.25, 0.3) is 0 Å². The molecule has 1 aliphatic carbocycles. The quantitative estimate of drug-likeness (QED) is 0.846. The van der Waals surface area contributed by atoms with Crippen LogP contribution < -0.4 is 0 Å². The van der Waals surface area contributed by atoms with Gasteiger partial charge in [-0.1, -0.05) is 25.1 Å². The van der Waals surface area contributed by atoms with Gasteiger partial charge >= 0.3 is 5.97 Å². The lowest BCUT2D eigenvalue weighted by atomic mass is 9.80. The number of hydrogen-bond donors (Lipinski definition) is 1. The number of carbonyl (C=O) groups is 1. The number of fused-ring (bicyclic) bond motifs is 1. The average molecular weight is 218 g/mol. The molecule has 0 bridgehead atoms. The van der Waals surface area contributed by atoms with Gasteiger partial charge in [0.15, 0.2) is 0 Å². The zero-order chi connectivity index (χ0) is 11.5. The number of rotatable bonds is 3. The third-order valence-electron chi connectivity index (χ3n) is 3.48. The minimum absolute atomic E-state index is 0.229. The Labute approximate surface area is 96.3 Å². The number of aryl methyl sites for hydroxylation is 2. The number of hydrogen-bond acceptors (Lipinski definition) is 1. The van der Waals surface area contributed by atoms with Gasteiger partial charge in [-0.2, -0.15) is 0 Å². The van der Waals surface area contributed by atoms with E-state index in [1.54, 1.807) is 0 Å². The van der Waals surface area contributed by atoms with E-state index < -0.39 is 5.97 Å². The molecule has 0 saturated carbocycles. The lowest BCUT2D eigenvalue weighted by molar-refractivity contribution is -0.137. The van der Waals surface area contributed by atoms with Gasteiger partial charge in [-0.25, -0.2) is 0 Å². The molecule has 1 atom stereocenters. The van der Waals surface area contributed by atoms with Crippen LogP contribution in [0.3, 0.4) is 0 Å². The topological polar surface area (TPSA) is 37.3 Å². The lowest BCUT2D eigenvalue weighted by Gasteiger charge is -2.25. The van der Waals surface area contributed by atoms with E-state index in [-0.39, 0.29) is 12.3 Å². The van der Waals surface area contributed by atoms with Crippen LogP contribution in [0.5, 0.6) is 0 Å². The molecule has 0 radical (unpaired) electrons. The maximum atomic E-state index is 10.8. The van der Waals surface area contributed by atoms with Gasteiger partial charge < -0.3 is 5.11 Å². The van der Waals surface area contributed by atoms with E-state index in [1.807, 2.05) is 0 Å². The third-order valence-corrected chi connectivity index (χ3v) is 3.48. The molecule has 0 aromatic heterocycles. The number of carboxylic acid groups (broad SMARTS) is 1. The highest BCUT2D eigenvalue weighted by Gasteiger charge is 2.22. The molecule has 16 heavy (non-hydrogen) atoms. The van der Waals surface area contributed by atoms with E-state index in [2.05, 4.69) is 25.1 Å². The van der Waals surface area contributed by atoms with Crippen LogP contribution in [0.4, 0.5) is 0 Å². The van der Waals surface area contributed by atoms with Gasteiger partial charge in [-0.05, 0) is 48.3 Å². The molecule has 1 aromatic carbocycles. The van der Waals surface area contributed by atoms with Crippen molar-refractivity contribution >= 4 is 5.97 Å². The highest BCUT2D eigenvalue weighted by Crippen LogP contribution is 2.34. The normalized spacial score (nSPS) is 19.2. The first-order valence-electron chi connectivity index (χ1n) is 6.04. The summed E-state index contributed by atoms with van der Waals surface area (Å²) in [6.07, 6.45) is 4.55. The summed E-state index contributed by atoms with van der Waals surface area (Å²) < 4.78 is 0. The maximum Gasteiger partial charge on any atom is 0.303 e. The second-order valence-corrected chi connectivity index (χ2v) is 4.57. The fourth-order valence-corrected chi connectivity index (χ4v) is 2.59. The Morgan fingerprint density at radius 3 is 3.00 bits per heavy atom. The van der Waals surface area contributed by atoms with Crippen LogP contribution >= 0.6 is 0 Å². The van der Waals surface area contributed by atoms with Gasteiger partial charge in [-0.15, -0.1) is 0 Å². The summed E-state index contributed by atoms with van der Waals surface area (Å²) in [4.78, 5) is 10.8. The van der Waals surface area contributed by atoms with E-state index in [4.69, 9.17) is 5.11 Å². The molecule has 2 rings (SSSR count). The van der Waals surface area contributed by atoms with Crippen molar-refractivity contribution in [1.82, 2.24) is 0 Å². The standard InChI is InChI=1S/C14H18O2/c1-2-10-6-7-11-4-3-5-12(9-14(15)16)13(11)8-10/h6-8,12H,2-5,9H2,1H3,(H,15,16).